The van der Waals surface area contributed by atoms with Crippen molar-refractivity contribution in [3.8, 4) is 0 Å². The third kappa shape index (κ3) is 3.14. The number of benzene rings is 2. The molecular formula is C22H25N3O3. The average molecular weight is 379 g/mol. The number of fused-ring (bicyclic) bond motifs is 1. The summed E-state index contributed by atoms with van der Waals surface area (Å²) >= 11 is 0. The van der Waals surface area contributed by atoms with Gasteiger partial charge in [-0.2, -0.15) is 0 Å². The number of carbonyl (C=O) groups excluding carboxylic acids is 2. The molecule has 3 N–H and O–H groups in total. The number of anilines is 2. The fraction of sp³-hybridized carbons (Fsp3) is 0.364. The Hall–Kier alpha value is -2.86. The van der Waals surface area contributed by atoms with Crippen molar-refractivity contribution in [2.75, 3.05) is 36.5 Å². The Morgan fingerprint density at radius 2 is 2.00 bits per heavy atom. The van der Waals surface area contributed by atoms with Crippen molar-refractivity contribution in [3.05, 3.63) is 59.2 Å². The smallest absolute Gasteiger partial charge is 0.227 e. The molecule has 1 fully saturated rings. The van der Waals surface area contributed by atoms with E-state index in [1.165, 1.54) is 0 Å². The minimum Gasteiger partial charge on any atom is -0.378 e. The third-order valence-corrected chi connectivity index (χ3v) is 5.94. The molecule has 0 saturated carbocycles. The normalized spacial score (nSPS) is 24.2. The minimum absolute atomic E-state index is 0.118. The minimum atomic E-state index is -0.848. The highest BCUT2D eigenvalue weighted by Gasteiger charge is 2.42. The van der Waals surface area contributed by atoms with Gasteiger partial charge in [-0.3, -0.25) is 9.59 Å². The Labute approximate surface area is 164 Å². The van der Waals surface area contributed by atoms with Crippen LogP contribution in [0.2, 0.25) is 0 Å². The first-order valence-electron chi connectivity index (χ1n) is 9.61. The second-order valence-electron chi connectivity index (χ2n) is 7.68. The molecule has 6 nitrogen and oxygen atoms in total. The monoisotopic (exact) mass is 379 g/mol. The molecule has 2 aromatic rings. The van der Waals surface area contributed by atoms with Gasteiger partial charge in [-0.05, 0) is 42.7 Å². The summed E-state index contributed by atoms with van der Waals surface area (Å²) in [6.07, 6.45) is 1.35. The maximum Gasteiger partial charge on any atom is 0.227 e. The molecule has 0 radical (unpaired) electrons. The second-order valence-corrected chi connectivity index (χ2v) is 7.68. The first-order chi connectivity index (χ1) is 13.5. The Morgan fingerprint density at radius 3 is 2.71 bits per heavy atom. The molecule has 146 valence electrons. The topological polar surface area (TPSA) is 84.7 Å². The molecule has 0 bridgehead atoms. The molecule has 2 unspecified atom stereocenters. The van der Waals surface area contributed by atoms with Gasteiger partial charge in [0.25, 0.3) is 0 Å². The second kappa shape index (κ2) is 7.28. The van der Waals surface area contributed by atoms with E-state index in [-0.39, 0.29) is 11.9 Å². The van der Waals surface area contributed by atoms with E-state index in [9.17, 15) is 9.59 Å². The quantitative estimate of drug-likeness (QED) is 0.798. The Morgan fingerprint density at radius 1 is 1.25 bits per heavy atom. The maximum atomic E-state index is 12.4. The molecule has 2 heterocycles. The fourth-order valence-electron chi connectivity index (χ4n) is 4.23. The molecule has 2 aliphatic rings. The first kappa shape index (κ1) is 18.5. The van der Waals surface area contributed by atoms with Crippen LogP contribution in [0.25, 0.3) is 0 Å². The van der Waals surface area contributed by atoms with Crippen LogP contribution >= 0.6 is 0 Å². The number of hydrogen-bond acceptors (Lipinski definition) is 5. The third-order valence-electron chi connectivity index (χ3n) is 5.94. The summed E-state index contributed by atoms with van der Waals surface area (Å²) in [7, 11) is 0. The number of nitrogens with one attached hydrogen (secondary N) is 1. The summed E-state index contributed by atoms with van der Waals surface area (Å²) in [6, 6.07) is 13.6. The molecule has 4 rings (SSSR count). The predicted octanol–water partition coefficient (Wildman–Crippen LogP) is 2.64. The largest absolute Gasteiger partial charge is 0.378 e. The van der Waals surface area contributed by atoms with Crippen LogP contribution in [0.1, 0.15) is 40.9 Å². The van der Waals surface area contributed by atoms with Crippen molar-refractivity contribution >= 4 is 23.6 Å². The average Bonchev–Trinajstić information content (AvgIpc) is 2.74. The molecular weight excluding hydrogens is 354 g/mol. The zero-order chi connectivity index (χ0) is 19.7. The maximum absolute atomic E-state index is 12.4. The van der Waals surface area contributed by atoms with Crippen LogP contribution in [-0.2, 0) is 14.9 Å². The molecule has 1 amide bonds. The Balaban J connectivity index is 1.73. The van der Waals surface area contributed by atoms with E-state index in [0.29, 0.717) is 17.7 Å². The number of morpholine rings is 1. The van der Waals surface area contributed by atoms with Crippen LogP contribution < -0.4 is 16.0 Å². The lowest BCUT2D eigenvalue weighted by atomic mass is 9.71. The van der Waals surface area contributed by atoms with Gasteiger partial charge >= 0.3 is 0 Å². The van der Waals surface area contributed by atoms with Gasteiger partial charge in [-0.15, -0.1) is 0 Å². The molecule has 0 spiro atoms. The molecule has 28 heavy (non-hydrogen) atoms. The first-order valence-corrected chi connectivity index (χ1v) is 9.61. The van der Waals surface area contributed by atoms with Crippen molar-refractivity contribution < 1.29 is 14.3 Å². The van der Waals surface area contributed by atoms with Gasteiger partial charge < -0.3 is 20.7 Å². The van der Waals surface area contributed by atoms with Crippen molar-refractivity contribution in [2.45, 2.75) is 24.8 Å². The van der Waals surface area contributed by atoms with Gasteiger partial charge in [-0.25, -0.2) is 0 Å². The molecule has 1 saturated heterocycles. The number of ether oxygens (including phenoxy) is 1. The van der Waals surface area contributed by atoms with Gasteiger partial charge in [0, 0.05) is 30.0 Å². The van der Waals surface area contributed by atoms with E-state index >= 15 is 0 Å². The van der Waals surface area contributed by atoms with Crippen molar-refractivity contribution in [1.29, 1.82) is 0 Å². The molecule has 6 heteroatoms. The van der Waals surface area contributed by atoms with Crippen LogP contribution in [0.4, 0.5) is 11.4 Å². The number of rotatable bonds is 4. The van der Waals surface area contributed by atoms with Crippen molar-refractivity contribution in [1.82, 2.24) is 0 Å². The SMILES string of the molecule is CC1(C(N)=O)CC(c2cccc(N3CCOCC3)c2)Nc2c(C=O)cccc21. The van der Waals surface area contributed by atoms with E-state index in [0.717, 1.165) is 49.4 Å². The van der Waals surface area contributed by atoms with Crippen LogP contribution in [0.3, 0.4) is 0 Å². The van der Waals surface area contributed by atoms with Crippen LogP contribution in [-0.4, -0.2) is 38.5 Å². The summed E-state index contributed by atoms with van der Waals surface area (Å²) in [5.74, 6) is -0.382. The van der Waals surface area contributed by atoms with Crippen LogP contribution in [0.5, 0.6) is 0 Å². The number of nitrogens with zero attached hydrogens (tertiary/aromatic N) is 1. The zero-order valence-corrected chi connectivity index (χ0v) is 16.0. The van der Waals surface area contributed by atoms with E-state index in [1.807, 2.05) is 19.1 Å². The van der Waals surface area contributed by atoms with Gasteiger partial charge in [-0.1, -0.05) is 24.3 Å². The number of amides is 1. The number of primary amides is 1. The molecule has 2 atom stereocenters. The number of aldehydes is 1. The van der Waals surface area contributed by atoms with Gasteiger partial charge in [0.05, 0.1) is 24.7 Å². The van der Waals surface area contributed by atoms with E-state index in [4.69, 9.17) is 10.5 Å². The number of para-hydroxylation sites is 1. The summed E-state index contributed by atoms with van der Waals surface area (Å²) in [5.41, 5.74) is 9.20. The molecule has 2 aromatic carbocycles. The number of nitrogens with two attached hydrogens (primary N) is 1. The zero-order valence-electron chi connectivity index (χ0n) is 16.0. The van der Waals surface area contributed by atoms with Crippen LogP contribution in [0.15, 0.2) is 42.5 Å². The van der Waals surface area contributed by atoms with Gasteiger partial charge in [0.15, 0.2) is 6.29 Å². The lowest BCUT2D eigenvalue weighted by Gasteiger charge is -2.40. The number of hydrogen-bond donors (Lipinski definition) is 2. The molecule has 2 aliphatic heterocycles. The lowest BCUT2D eigenvalue weighted by Crippen LogP contribution is -2.44. The predicted molar refractivity (Wildman–Crippen MR) is 109 cm³/mol. The summed E-state index contributed by atoms with van der Waals surface area (Å²) in [4.78, 5) is 26.3. The summed E-state index contributed by atoms with van der Waals surface area (Å²) in [5, 5.41) is 3.49. The number of carbonyl (C=O) groups is 2. The van der Waals surface area contributed by atoms with E-state index in [2.05, 4.69) is 28.4 Å². The molecule has 0 aliphatic carbocycles. The Kier molecular flexibility index (Phi) is 4.81. The highest BCUT2D eigenvalue weighted by Crippen LogP contribution is 2.45. The van der Waals surface area contributed by atoms with Gasteiger partial charge in [0.2, 0.25) is 5.91 Å². The van der Waals surface area contributed by atoms with E-state index < -0.39 is 5.41 Å². The summed E-state index contributed by atoms with van der Waals surface area (Å²) in [6.45, 7) is 5.03. The standard InChI is InChI=1S/C22H25N3O3/c1-22(21(23)27)13-19(24-20-16(14-26)5-3-7-18(20)22)15-4-2-6-17(12-15)25-8-10-28-11-9-25/h2-7,12,14,19,24H,8-11,13H2,1H3,(H2,23,27). The van der Waals surface area contributed by atoms with Crippen molar-refractivity contribution in [2.24, 2.45) is 5.73 Å². The van der Waals surface area contributed by atoms with Crippen LogP contribution in [0, 0.1) is 0 Å². The summed E-state index contributed by atoms with van der Waals surface area (Å²) < 4.78 is 5.45. The fourth-order valence-corrected chi connectivity index (χ4v) is 4.23. The highest BCUT2D eigenvalue weighted by atomic mass is 16.5. The molecule has 0 aromatic heterocycles. The highest BCUT2D eigenvalue weighted by molar-refractivity contribution is 5.94. The lowest BCUT2D eigenvalue weighted by molar-refractivity contribution is -0.123. The van der Waals surface area contributed by atoms with E-state index in [1.54, 1.807) is 12.1 Å². The Bertz CT molecular complexity index is 908. The van der Waals surface area contributed by atoms with Gasteiger partial charge in [0.1, 0.15) is 0 Å². The van der Waals surface area contributed by atoms with Crippen molar-refractivity contribution in [3.63, 3.8) is 0 Å².